The highest BCUT2D eigenvalue weighted by atomic mass is 79.9. The van der Waals surface area contributed by atoms with Gasteiger partial charge in [0.2, 0.25) is 0 Å². The second-order valence-corrected chi connectivity index (χ2v) is 5.13. The van der Waals surface area contributed by atoms with Crippen molar-refractivity contribution >= 4 is 21.5 Å². The molecule has 0 heterocycles. The standard InChI is InChI=1S/C15H8BrF5/c16-12-7-5-10(6-8-12)9-1-3-11(4-2-9)13(14(17)18)15(19,20)21/h1-8H. The van der Waals surface area contributed by atoms with Crippen molar-refractivity contribution in [2.24, 2.45) is 0 Å². The van der Waals surface area contributed by atoms with E-state index in [1.54, 1.807) is 24.3 Å². The van der Waals surface area contributed by atoms with Crippen LogP contribution in [0.3, 0.4) is 0 Å². The summed E-state index contributed by atoms with van der Waals surface area (Å²) in [4.78, 5) is 0. The average molecular weight is 363 g/mol. The summed E-state index contributed by atoms with van der Waals surface area (Å²) in [6.45, 7) is 0. The maximum atomic E-state index is 12.6. The third-order valence-electron chi connectivity index (χ3n) is 2.82. The fourth-order valence-electron chi connectivity index (χ4n) is 1.85. The Morgan fingerprint density at radius 2 is 1.19 bits per heavy atom. The van der Waals surface area contributed by atoms with Gasteiger partial charge in [0, 0.05) is 4.47 Å². The largest absolute Gasteiger partial charge is 0.422 e. The van der Waals surface area contributed by atoms with Crippen LogP contribution in [0.4, 0.5) is 22.0 Å². The normalized spacial score (nSPS) is 11.3. The smallest absolute Gasteiger partial charge is 0.173 e. The lowest BCUT2D eigenvalue weighted by molar-refractivity contribution is -0.0711. The van der Waals surface area contributed by atoms with E-state index in [0.717, 1.165) is 22.2 Å². The van der Waals surface area contributed by atoms with Crippen molar-refractivity contribution in [1.29, 1.82) is 0 Å². The van der Waals surface area contributed by atoms with Gasteiger partial charge in [-0.25, -0.2) is 0 Å². The molecule has 0 fully saturated rings. The molecule has 21 heavy (non-hydrogen) atoms. The highest BCUT2D eigenvalue weighted by Crippen LogP contribution is 2.37. The van der Waals surface area contributed by atoms with Crippen molar-refractivity contribution < 1.29 is 22.0 Å². The molecule has 2 rings (SSSR count). The van der Waals surface area contributed by atoms with Gasteiger partial charge in [-0.2, -0.15) is 22.0 Å². The molecule has 0 saturated heterocycles. The lowest BCUT2D eigenvalue weighted by Gasteiger charge is -2.11. The van der Waals surface area contributed by atoms with Crippen molar-refractivity contribution in [2.75, 3.05) is 0 Å². The Morgan fingerprint density at radius 1 is 0.762 bits per heavy atom. The molecule has 6 heteroatoms. The number of hydrogen-bond donors (Lipinski definition) is 0. The maximum Gasteiger partial charge on any atom is 0.422 e. The van der Waals surface area contributed by atoms with Crippen molar-refractivity contribution in [3.8, 4) is 11.1 Å². The fraction of sp³-hybridized carbons (Fsp3) is 0.0667. The minimum Gasteiger partial charge on any atom is -0.173 e. The lowest BCUT2D eigenvalue weighted by atomic mass is 10.0. The van der Waals surface area contributed by atoms with E-state index in [2.05, 4.69) is 15.9 Å². The van der Waals surface area contributed by atoms with Gasteiger partial charge in [0.05, 0.1) is 0 Å². The molecule has 0 aromatic heterocycles. The molecular weight excluding hydrogens is 355 g/mol. The zero-order chi connectivity index (χ0) is 15.6. The van der Waals surface area contributed by atoms with Crippen LogP contribution in [-0.2, 0) is 0 Å². The fourth-order valence-corrected chi connectivity index (χ4v) is 2.12. The molecule has 0 nitrogen and oxygen atoms in total. The van der Waals surface area contributed by atoms with E-state index in [1.165, 1.54) is 12.1 Å². The van der Waals surface area contributed by atoms with Crippen LogP contribution in [0.2, 0.25) is 0 Å². The first-order chi connectivity index (χ1) is 9.79. The van der Waals surface area contributed by atoms with Crippen LogP contribution in [0.25, 0.3) is 16.7 Å². The number of halogens is 6. The molecule has 0 amide bonds. The van der Waals surface area contributed by atoms with Crippen molar-refractivity contribution in [1.82, 2.24) is 0 Å². The van der Waals surface area contributed by atoms with Crippen LogP contribution >= 0.6 is 15.9 Å². The van der Waals surface area contributed by atoms with Crippen molar-refractivity contribution in [2.45, 2.75) is 6.18 Å². The molecule has 0 unspecified atom stereocenters. The van der Waals surface area contributed by atoms with Crippen LogP contribution in [-0.4, -0.2) is 6.18 Å². The van der Waals surface area contributed by atoms with Crippen LogP contribution in [0.15, 0.2) is 59.1 Å². The molecule has 0 atom stereocenters. The maximum absolute atomic E-state index is 12.6. The first kappa shape index (κ1) is 15.7. The Morgan fingerprint density at radius 3 is 1.57 bits per heavy atom. The molecule has 0 aliphatic carbocycles. The monoisotopic (exact) mass is 362 g/mol. The highest BCUT2D eigenvalue weighted by molar-refractivity contribution is 9.10. The van der Waals surface area contributed by atoms with E-state index in [9.17, 15) is 22.0 Å². The quantitative estimate of drug-likeness (QED) is 0.551. The third-order valence-corrected chi connectivity index (χ3v) is 3.35. The van der Waals surface area contributed by atoms with Crippen LogP contribution < -0.4 is 0 Å². The number of rotatable bonds is 2. The first-order valence-corrected chi connectivity index (χ1v) is 6.57. The van der Waals surface area contributed by atoms with Crippen molar-refractivity contribution in [3.05, 3.63) is 64.6 Å². The summed E-state index contributed by atoms with van der Waals surface area (Å²) < 4.78 is 63.6. The molecule has 110 valence electrons. The molecule has 0 radical (unpaired) electrons. The molecule has 0 spiro atoms. The number of benzene rings is 2. The minimum atomic E-state index is -5.09. The van der Waals surface area contributed by atoms with E-state index in [0.29, 0.717) is 5.56 Å². The molecule has 2 aromatic rings. The van der Waals surface area contributed by atoms with Gasteiger partial charge in [-0.1, -0.05) is 52.3 Å². The van der Waals surface area contributed by atoms with E-state index in [4.69, 9.17) is 0 Å². The van der Waals surface area contributed by atoms with Crippen LogP contribution in [0.5, 0.6) is 0 Å². The highest BCUT2D eigenvalue weighted by Gasteiger charge is 2.38. The second kappa shape index (κ2) is 5.97. The molecular formula is C15H8BrF5. The Balaban J connectivity index is 2.39. The zero-order valence-corrected chi connectivity index (χ0v) is 12.0. The third kappa shape index (κ3) is 3.69. The molecule has 0 aliphatic rings. The molecule has 0 N–H and O–H groups in total. The zero-order valence-electron chi connectivity index (χ0n) is 10.4. The van der Waals surface area contributed by atoms with Gasteiger partial charge in [0.1, 0.15) is 5.57 Å². The van der Waals surface area contributed by atoms with Gasteiger partial charge in [0.15, 0.2) is 0 Å². The first-order valence-electron chi connectivity index (χ1n) is 5.78. The summed E-state index contributed by atoms with van der Waals surface area (Å²) in [6.07, 6.45) is -7.82. The van der Waals surface area contributed by atoms with E-state index in [-0.39, 0.29) is 0 Å². The molecule has 0 saturated carbocycles. The minimum absolute atomic E-state index is 0.552. The van der Waals surface area contributed by atoms with Gasteiger partial charge in [-0.05, 0) is 28.8 Å². The van der Waals surface area contributed by atoms with Crippen LogP contribution in [0, 0.1) is 0 Å². The molecule has 0 aliphatic heterocycles. The summed E-state index contributed by atoms with van der Waals surface area (Å²) in [5, 5.41) is 0. The summed E-state index contributed by atoms with van der Waals surface area (Å²) in [5.74, 6) is 0. The summed E-state index contributed by atoms with van der Waals surface area (Å²) in [5.41, 5.74) is -1.02. The van der Waals surface area contributed by atoms with Gasteiger partial charge in [0.25, 0.3) is 6.08 Å². The summed E-state index contributed by atoms with van der Waals surface area (Å²) in [6, 6.07) is 12.0. The number of allylic oxidation sites excluding steroid dienone is 1. The Labute approximate surface area is 126 Å². The van der Waals surface area contributed by atoms with Crippen LogP contribution in [0.1, 0.15) is 5.56 Å². The SMILES string of the molecule is FC(F)=C(c1ccc(-c2ccc(Br)cc2)cc1)C(F)(F)F. The van der Waals surface area contributed by atoms with Crippen molar-refractivity contribution in [3.63, 3.8) is 0 Å². The molecule has 0 bridgehead atoms. The van der Waals surface area contributed by atoms with Gasteiger partial charge in [-0.3, -0.25) is 0 Å². The Kier molecular flexibility index (Phi) is 4.46. The lowest BCUT2D eigenvalue weighted by Crippen LogP contribution is -2.11. The second-order valence-electron chi connectivity index (χ2n) is 4.22. The Bertz CT molecular complexity index is 650. The van der Waals surface area contributed by atoms with Gasteiger partial charge >= 0.3 is 6.18 Å². The van der Waals surface area contributed by atoms with E-state index in [1.807, 2.05) is 0 Å². The van der Waals surface area contributed by atoms with Gasteiger partial charge in [-0.15, -0.1) is 0 Å². The predicted molar refractivity (Wildman–Crippen MR) is 74.8 cm³/mol. The summed E-state index contributed by atoms with van der Waals surface area (Å²) in [7, 11) is 0. The van der Waals surface area contributed by atoms with E-state index >= 15 is 0 Å². The summed E-state index contributed by atoms with van der Waals surface area (Å²) >= 11 is 3.27. The average Bonchev–Trinajstić information content (AvgIpc) is 2.38. The van der Waals surface area contributed by atoms with E-state index < -0.39 is 23.4 Å². The predicted octanol–water partition coefficient (Wildman–Crippen LogP) is 6.29. The van der Waals surface area contributed by atoms with Gasteiger partial charge < -0.3 is 0 Å². The number of alkyl halides is 3. The topological polar surface area (TPSA) is 0 Å². The Hall–Kier alpha value is -1.69. The number of hydrogen-bond acceptors (Lipinski definition) is 0. The molecule has 2 aromatic carbocycles.